The van der Waals surface area contributed by atoms with Gasteiger partial charge in [0, 0.05) is 30.0 Å². The standard InChI is InChI=1S/C61H58N8O10/c1-38(2)51(57(72)76-3)63-60(75)68-48-28-23-39(14-13-29-67-49-22-11-10-21-47(49)64-65-67)36-46(48)61(59(68)74)50(56(71)62-43-24-26-44(27-25-43)66-30-33-77-34-31-66)53-58(73)79-54(41-17-8-5-9-18-41)52(40-15-6-4-7-16-40)69(53)55(61)42-19-12-20-45(37-42)78-35-32-70/h4-12,15-28,36-38,50-55,70H,29-35H2,1-3H3,(H,62,71)(H,63,75)/t50-,51-,52-,53-,54+,55+,61-/m0/s1. The number of amides is 4. The van der Waals surface area contributed by atoms with Crippen LogP contribution < -0.4 is 25.2 Å². The summed E-state index contributed by atoms with van der Waals surface area (Å²) < 4.78 is 25.1. The van der Waals surface area contributed by atoms with Crippen LogP contribution in [0.3, 0.4) is 0 Å². The minimum atomic E-state index is -2.18. The molecule has 3 fully saturated rings. The number of methoxy groups -OCH3 is 1. The first-order chi connectivity index (χ1) is 38.5. The van der Waals surface area contributed by atoms with Gasteiger partial charge in [-0.1, -0.05) is 116 Å². The maximum atomic E-state index is 17.0. The fourth-order valence-corrected chi connectivity index (χ4v) is 11.8. The molecule has 0 radical (unpaired) electrons. The Morgan fingerprint density at radius 1 is 0.823 bits per heavy atom. The molecule has 5 heterocycles. The molecule has 0 bridgehead atoms. The van der Waals surface area contributed by atoms with Crippen molar-refractivity contribution in [2.45, 2.75) is 56.1 Å². The van der Waals surface area contributed by atoms with Gasteiger partial charge in [-0.3, -0.25) is 19.3 Å². The number of benzene rings is 6. The van der Waals surface area contributed by atoms with Gasteiger partial charge in [0.15, 0.2) is 0 Å². The minimum Gasteiger partial charge on any atom is -0.491 e. The lowest BCUT2D eigenvalue weighted by Crippen LogP contribution is -2.57. The van der Waals surface area contributed by atoms with E-state index in [0.717, 1.165) is 16.1 Å². The van der Waals surface area contributed by atoms with E-state index in [-0.39, 0.29) is 31.0 Å². The van der Waals surface area contributed by atoms with Crippen LogP contribution in [0.15, 0.2) is 152 Å². The maximum Gasteiger partial charge on any atom is 0.329 e. The number of hydrogen-bond acceptors (Lipinski definition) is 14. The van der Waals surface area contributed by atoms with Crippen LogP contribution in [0.2, 0.25) is 0 Å². The molecule has 7 aromatic rings. The number of fused-ring (bicyclic) bond motifs is 4. The zero-order chi connectivity index (χ0) is 54.8. The number of cyclic esters (lactones) is 1. The van der Waals surface area contributed by atoms with Gasteiger partial charge in [-0.2, -0.15) is 0 Å². The Hall–Kier alpha value is -8.89. The largest absolute Gasteiger partial charge is 0.491 e. The minimum absolute atomic E-state index is 0.0602. The number of ether oxygens (including phenoxy) is 4. The zero-order valence-electron chi connectivity index (χ0n) is 43.7. The number of nitrogens with one attached hydrogen (secondary N) is 2. The fourth-order valence-electron chi connectivity index (χ4n) is 11.8. The number of nitrogens with zero attached hydrogens (tertiary/aromatic N) is 6. The molecule has 1 aromatic heterocycles. The summed E-state index contributed by atoms with van der Waals surface area (Å²) >= 11 is 0. The SMILES string of the molecule is COC(=O)[C@@H](NC(=O)N1C(=O)[C@@]2(c3cc(C#CCn4nnc5ccccc54)ccc31)[C@H](C(=O)Nc1ccc(N3CCOCC3)cc1)[C@H]1C(=O)O[C@H](c3ccccc3)[C@H](c3ccccc3)N1[C@@H]2c1cccc(OCCO)c1)C(C)C. The summed E-state index contributed by atoms with van der Waals surface area (Å²) in [5, 5.41) is 24.5. The van der Waals surface area contributed by atoms with Crippen LogP contribution in [0.5, 0.6) is 5.75 Å². The molecule has 4 aliphatic heterocycles. The lowest BCUT2D eigenvalue weighted by atomic mass is 9.65. The topological polar surface area (TPSA) is 207 Å². The van der Waals surface area contributed by atoms with Crippen LogP contribution in [0, 0.1) is 23.7 Å². The summed E-state index contributed by atoms with van der Waals surface area (Å²) in [5.74, 6) is 1.59. The third kappa shape index (κ3) is 9.59. The molecule has 402 valence electrons. The number of urea groups is 1. The summed E-state index contributed by atoms with van der Waals surface area (Å²) in [5.41, 5.74) is 3.12. The van der Waals surface area contributed by atoms with Crippen LogP contribution in [0.4, 0.5) is 21.9 Å². The third-order valence-electron chi connectivity index (χ3n) is 15.3. The van der Waals surface area contributed by atoms with Gasteiger partial charge in [0.05, 0.1) is 56.1 Å². The molecule has 4 aliphatic rings. The quantitative estimate of drug-likeness (QED) is 0.0794. The molecule has 3 N–H and O–H groups in total. The van der Waals surface area contributed by atoms with Crippen molar-refractivity contribution in [3.63, 3.8) is 0 Å². The summed E-state index contributed by atoms with van der Waals surface area (Å²) in [4.78, 5) is 82.7. The third-order valence-corrected chi connectivity index (χ3v) is 15.3. The van der Waals surface area contributed by atoms with Crippen molar-refractivity contribution in [1.29, 1.82) is 0 Å². The summed E-state index contributed by atoms with van der Waals surface area (Å²) in [6.45, 7) is 5.76. The van der Waals surface area contributed by atoms with Crippen molar-refractivity contribution in [2.24, 2.45) is 11.8 Å². The van der Waals surface area contributed by atoms with Crippen molar-refractivity contribution in [1.82, 2.24) is 25.2 Å². The predicted octanol–water partition coefficient (Wildman–Crippen LogP) is 6.90. The van der Waals surface area contributed by atoms with Gasteiger partial charge in [-0.05, 0) is 94.9 Å². The van der Waals surface area contributed by atoms with Crippen molar-refractivity contribution < 1.29 is 48.0 Å². The van der Waals surface area contributed by atoms with Gasteiger partial charge in [-0.25, -0.2) is 19.2 Å². The van der Waals surface area contributed by atoms with Crippen molar-refractivity contribution in [3.05, 3.63) is 179 Å². The number of para-hydroxylation sites is 1. The average Bonchev–Trinajstić information content (AvgIpc) is 2.45. The number of carbonyl (C=O) groups excluding carboxylic acids is 5. The zero-order valence-corrected chi connectivity index (χ0v) is 43.7. The Bertz CT molecular complexity index is 3490. The second-order valence-corrected chi connectivity index (χ2v) is 20.1. The maximum absolute atomic E-state index is 17.0. The van der Waals surface area contributed by atoms with E-state index in [4.69, 9.17) is 18.9 Å². The van der Waals surface area contributed by atoms with Crippen molar-refractivity contribution in [3.8, 4) is 17.6 Å². The van der Waals surface area contributed by atoms with Gasteiger partial charge in [-0.15, -0.1) is 5.10 Å². The number of esters is 2. The molecule has 0 unspecified atom stereocenters. The van der Waals surface area contributed by atoms with E-state index in [0.29, 0.717) is 65.5 Å². The molecule has 6 aromatic carbocycles. The molecule has 0 saturated carbocycles. The summed E-state index contributed by atoms with van der Waals surface area (Å²) in [6.07, 6.45) is -0.984. The fraction of sp³-hybridized carbons (Fsp3) is 0.295. The van der Waals surface area contributed by atoms with Gasteiger partial charge in [0.25, 0.3) is 0 Å². The van der Waals surface area contributed by atoms with E-state index in [1.807, 2.05) is 102 Å². The lowest BCUT2D eigenvalue weighted by Gasteiger charge is -2.46. The second-order valence-electron chi connectivity index (χ2n) is 20.1. The highest BCUT2D eigenvalue weighted by Crippen LogP contribution is 2.66. The van der Waals surface area contributed by atoms with Crippen molar-refractivity contribution in [2.75, 3.05) is 61.7 Å². The molecular formula is C61H58N8O10. The van der Waals surface area contributed by atoms with E-state index in [1.165, 1.54) is 7.11 Å². The van der Waals surface area contributed by atoms with Crippen molar-refractivity contribution >= 4 is 57.9 Å². The van der Waals surface area contributed by atoms with Crippen LogP contribution in [0.1, 0.15) is 59.9 Å². The van der Waals surface area contributed by atoms with Crippen LogP contribution in [0.25, 0.3) is 11.0 Å². The number of carbonyl (C=O) groups is 5. The molecule has 1 spiro atoms. The van der Waals surface area contributed by atoms with Crippen LogP contribution in [-0.4, -0.2) is 113 Å². The van der Waals surface area contributed by atoms with E-state index in [1.54, 1.807) is 73.1 Å². The first-order valence-electron chi connectivity index (χ1n) is 26.3. The van der Waals surface area contributed by atoms with Gasteiger partial charge < -0.3 is 39.6 Å². The first kappa shape index (κ1) is 52.2. The predicted molar refractivity (Wildman–Crippen MR) is 293 cm³/mol. The number of morpholine rings is 2. The molecule has 11 rings (SSSR count). The molecule has 18 nitrogen and oxygen atoms in total. The van der Waals surface area contributed by atoms with E-state index >= 15 is 19.2 Å². The molecule has 79 heavy (non-hydrogen) atoms. The second kappa shape index (κ2) is 22.2. The monoisotopic (exact) mass is 1060 g/mol. The Labute approximate surface area is 456 Å². The summed E-state index contributed by atoms with van der Waals surface area (Å²) in [7, 11) is 1.21. The number of aliphatic hydroxyl groups is 1. The average molecular weight is 1060 g/mol. The molecular weight excluding hydrogens is 1000 g/mol. The smallest absolute Gasteiger partial charge is 0.329 e. The Morgan fingerprint density at radius 3 is 2.25 bits per heavy atom. The number of rotatable bonds is 13. The lowest BCUT2D eigenvalue weighted by molar-refractivity contribution is -0.177. The first-order valence-corrected chi connectivity index (χ1v) is 26.3. The molecule has 7 atom stereocenters. The number of aromatic nitrogens is 3. The van der Waals surface area contributed by atoms with E-state index in [9.17, 15) is 9.90 Å². The van der Waals surface area contributed by atoms with Crippen LogP contribution >= 0.6 is 0 Å². The van der Waals surface area contributed by atoms with Gasteiger partial charge in [0.1, 0.15) is 48.0 Å². The molecule has 18 heteroatoms. The van der Waals surface area contributed by atoms with Gasteiger partial charge in [0.2, 0.25) is 11.8 Å². The molecule has 4 amide bonds. The Balaban J connectivity index is 1.17. The summed E-state index contributed by atoms with van der Waals surface area (Å²) in [6, 6.07) is 39.8. The normalized spacial score (nSPS) is 21.9. The number of anilines is 3. The Kier molecular flexibility index (Phi) is 14.7. The molecule has 0 aliphatic carbocycles. The van der Waals surface area contributed by atoms with E-state index < -0.39 is 77.3 Å². The Morgan fingerprint density at radius 2 is 1.53 bits per heavy atom. The highest BCUT2D eigenvalue weighted by molar-refractivity contribution is 6.25. The van der Waals surface area contributed by atoms with E-state index in [2.05, 4.69) is 37.7 Å². The number of imide groups is 1. The van der Waals surface area contributed by atoms with Crippen LogP contribution in [-0.2, 0) is 45.3 Å². The number of aliphatic hydroxyl groups excluding tert-OH is 1. The molecule has 3 saturated heterocycles. The highest BCUT2D eigenvalue weighted by atomic mass is 16.6. The van der Waals surface area contributed by atoms with Gasteiger partial charge >= 0.3 is 18.0 Å². The number of hydrogen-bond donors (Lipinski definition) is 3. The highest BCUT2D eigenvalue weighted by Gasteiger charge is 2.75.